The molecule has 0 saturated carbocycles. The molecule has 0 saturated heterocycles. The normalized spacial score (nSPS) is 10.4. The maximum absolute atomic E-state index is 8.70. The van der Waals surface area contributed by atoms with Crippen LogP contribution in [0.4, 0.5) is 0 Å². The molecule has 0 spiro atoms. The van der Waals surface area contributed by atoms with E-state index in [9.17, 15) is 0 Å². The van der Waals surface area contributed by atoms with Crippen molar-refractivity contribution in [1.29, 1.82) is 5.26 Å². The van der Waals surface area contributed by atoms with Crippen molar-refractivity contribution in [2.45, 2.75) is 11.3 Å². The molecule has 0 unspecified atom stereocenters. The lowest BCUT2D eigenvalue weighted by Crippen LogP contribution is -1.82. The minimum atomic E-state index is 0.460. The summed E-state index contributed by atoms with van der Waals surface area (Å²) in [6.07, 6.45) is 0.460. The van der Waals surface area contributed by atoms with Crippen LogP contribution in [-0.2, 0) is 6.42 Å². The van der Waals surface area contributed by atoms with Crippen LogP contribution in [0.15, 0.2) is 22.4 Å². The van der Waals surface area contributed by atoms with Gasteiger partial charge in [-0.25, -0.2) is 0 Å². The maximum atomic E-state index is 8.70. The van der Waals surface area contributed by atoms with Crippen molar-refractivity contribution >= 4 is 56.6 Å². The van der Waals surface area contributed by atoms with Crippen LogP contribution in [0.1, 0.15) is 5.56 Å². The third-order valence-corrected chi connectivity index (χ3v) is 4.60. The van der Waals surface area contributed by atoms with Gasteiger partial charge in [-0.05, 0) is 40.3 Å². The van der Waals surface area contributed by atoms with Gasteiger partial charge in [-0.2, -0.15) is 5.26 Å². The first-order valence-corrected chi connectivity index (χ1v) is 6.38. The van der Waals surface area contributed by atoms with Gasteiger partial charge in [0.05, 0.1) is 12.5 Å². The van der Waals surface area contributed by atoms with Crippen LogP contribution < -0.4 is 0 Å². The minimum Gasteiger partial charge on any atom is -0.198 e. The zero-order valence-electron chi connectivity index (χ0n) is 7.12. The second-order valence-corrected chi connectivity index (χ2v) is 5.46. The quantitative estimate of drug-likeness (QED) is 0.623. The standard InChI is InChI=1S/C10H6INS2/c11-9-5-14-10-6(1-2-12)3-7(13)4-8(9)10/h3-5,13H,1H2. The minimum absolute atomic E-state index is 0.460. The Morgan fingerprint density at radius 1 is 1.50 bits per heavy atom. The summed E-state index contributed by atoms with van der Waals surface area (Å²) in [5.74, 6) is 0. The van der Waals surface area contributed by atoms with Crippen molar-refractivity contribution in [3.63, 3.8) is 0 Å². The van der Waals surface area contributed by atoms with Crippen molar-refractivity contribution in [2.75, 3.05) is 0 Å². The summed E-state index contributed by atoms with van der Waals surface area (Å²) in [6, 6.07) is 6.21. The van der Waals surface area contributed by atoms with Crippen LogP contribution in [0, 0.1) is 14.9 Å². The summed E-state index contributed by atoms with van der Waals surface area (Å²) in [6.45, 7) is 0. The number of rotatable bonds is 1. The van der Waals surface area contributed by atoms with E-state index in [0.29, 0.717) is 6.42 Å². The molecule has 0 atom stereocenters. The van der Waals surface area contributed by atoms with Crippen LogP contribution in [0.3, 0.4) is 0 Å². The van der Waals surface area contributed by atoms with Crippen LogP contribution >= 0.6 is 46.6 Å². The second-order valence-electron chi connectivity index (χ2n) is 2.90. The van der Waals surface area contributed by atoms with Crippen LogP contribution in [0.2, 0.25) is 0 Å². The zero-order valence-corrected chi connectivity index (χ0v) is 11.0. The fourth-order valence-electron chi connectivity index (χ4n) is 1.38. The number of nitriles is 1. The van der Waals surface area contributed by atoms with Crippen molar-refractivity contribution in [3.8, 4) is 6.07 Å². The zero-order chi connectivity index (χ0) is 10.1. The average Bonchev–Trinajstić information content (AvgIpc) is 2.49. The van der Waals surface area contributed by atoms with E-state index in [-0.39, 0.29) is 0 Å². The number of nitrogens with zero attached hydrogens (tertiary/aromatic N) is 1. The van der Waals surface area contributed by atoms with Gasteiger partial charge in [0.15, 0.2) is 0 Å². The molecule has 1 nitrogen and oxygen atoms in total. The van der Waals surface area contributed by atoms with Gasteiger partial charge in [-0.15, -0.1) is 24.0 Å². The first kappa shape index (κ1) is 10.3. The van der Waals surface area contributed by atoms with Gasteiger partial charge in [0.1, 0.15) is 0 Å². The molecule has 0 aliphatic heterocycles. The third kappa shape index (κ3) is 1.76. The van der Waals surface area contributed by atoms with E-state index in [4.69, 9.17) is 5.26 Å². The topological polar surface area (TPSA) is 23.8 Å². The molecule has 14 heavy (non-hydrogen) atoms. The predicted molar refractivity (Wildman–Crippen MR) is 71.1 cm³/mol. The molecule has 1 aromatic carbocycles. The Balaban J connectivity index is 2.76. The molecule has 0 bridgehead atoms. The van der Waals surface area contributed by atoms with E-state index in [0.717, 1.165) is 10.5 Å². The highest BCUT2D eigenvalue weighted by atomic mass is 127. The van der Waals surface area contributed by atoms with Crippen molar-refractivity contribution in [3.05, 3.63) is 26.6 Å². The summed E-state index contributed by atoms with van der Waals surface area (Å²) in [5.41, 5.74) is 1.09. The molecule has 0 amide bonds. The fourth-order valence-corrected chi connectivity index (χ4v) is 3.58. The molecule has 0 radical (unpaired) electrons. The Labute approximate surface area is 105 Å². The summed E-state index contributed by atoms with van der Waals surface area (Å²) in [4.78, 5) is 0.930. The molecule has 70 valence electrons. The number of thiol groups is 1. The maximum Gasteiger partial charge on any atom is 0.0670 e. The predicted octanol–water partition coefficient (Wildman–Crippen LogP) is 3.86. The Morgan fingerprint density at radius 3 is 3.00 bits per heavy atom. The van der Waals surface area contributed by atoms with Crippen LogP contribution in [0.25, 0.3) is 10.1 Å². The number of hydrogen-bond donors (Lipinski definition) is 1. The third-order valence-electron chi connectivity index (χ3n) is 1.96. The summed E-state index contributed by atoms with van der Waals surface area (Å²) >= 11 is 8.34. The lowest BCUT2D eigenvalue weighted by Gasteiger charge is -2.00. The summed E-state index contributed by atoms with van der Waals surface area (Å²) in [5, 5.41) is 12.0. The number of fused-ring (bicyclic) bond motifs is 1. The molecule has 4 heteroatoms. The fraction of sp³-hybridized carbons (Fsp3) is 0.100. The molecule has 2 rings (SSSR count). The number of thiophene rings is 1. The Hall–Kier alpha value is -0.250. The van der Waals surface area contributed by atoms with Crippen molar-refractivity contribution in [1.82, 2.24) is 0 Å². The molecular weight excluding hydrogens is 325 g/mol. The number of benzene rings is 1. The van der Waals surface area contributed by atoms with E-state index < -0.39 is 0 Å². The molecule has 0 aliphatic carbocycles. The van der Waals surface area contributed by atoms with E-state index in [1.807, 2.05) is 6.07 Å². The number of hydrogen-bond acceptors (Lipinski definition) is 3. The lowest BCUT2D eigenvalue weighted by atomic mass is 10.1. The average molecular weight is 331 g/mol. The summed E-state index contributed by atoms with van der Waals surface area (Å²) in [7, 11) is 0. The molecule has 0 fully saturated rings. The van der Waals surface area contributed by atoms with Crippen LogP contribution in [-0.4, -0.2) is 0 Å². The molecule has 0 N–H and O–H groups in total. The first-order valence-electron chi connectivity index (χ1n) is 3.98. The molecule has 2 aromatic rings. The van der Waals surface area contributed by atoms with Gasteiger partial charge in [-0.1, -0.05) is 0 Å². The van der Waals surface area contributed by atoms with E-state index >= 15 is 0 Å². The first-order chi connectivity index (χ1) is 6.72. The largest absolute Gasteiger partial charge is 0.198 e. The van der Waals surface area contributed by atoms with Gasteiger partial charge < -0.3 is 0 Å². The van der Waals surface area contributed by atoms with Gasteiger partial charge in [-0.3, -0.25) is 0 Å². The summed E-state index contributed by atoms with van der Waals surface area (Å²) < 4.78 is 2.45. The van der Waals surface area contributed by atoms with Gasteiger partial charge in [0, 0.05) is 23.9 Å². The van der Waals surface area contributed by atoms with E-state index in [2.05, 4.69) is 52.7 Å². The monoisotopic (exact) mass is 331 g/mol. The van der Waals surface area contributed by atoms with Gasteiger partial charge in [0.25, 0.3) is 0 Å². The smallest absolute Gasteiger partial charge is 0.0670 e. The van der Waals surface area contributed by atoms with Crippen molar-refractivity contribution < 1.29 is 0 Å². The highest BCUT2D eigenvalue weighted by Crippen LogP contribution is 2.32. The van der Waals surface area contributed by atoms with Gasteiger partial charge >= 0.3 is 0 Å². The van der Waals surface area contributed by atoms with Crippen molar-refractivity contribution in [2.24, 2.45) is 0 Å². The van der Waals surface area contributed by atoms with E-state index in [1.165, 1.54) is 13.7 Å². The Kier molecular flexibility index (Phi) is 3.00. The molecule has 0 aliphatic rings. The van der Waals surface area contributed by atoms with Crippen LogP contribution in [0.5, 0.6) is 0 Å². The van der Waals surface area contributed by atoms with Gasteiger partial charge in [0.2, 0.25) is 0 Å². The van der Waals surface area contributed by atoms with E-state index in [1.54, 1.807) is 11.3 Å². The highest BCUT2D eigenvalue weighted by Gasteiger charge is 2.07. The highest BCUT2D eigenvalue weighted by molar-refractivity contribution is 14.1. The molecule has 1 aromatic heterocycles. The molecule has 1 heterocycles. The molecular formula is C10H6INS2. The Bertz CT molecular complexity index is 525. The second kappa shape index (κ2) is 4.09. The lowest BCUT2D eigenvalue weighted by molar-refractivity contribution is 1.27. The Morgan fingerprint density at radius 2 is 2.29 bits per heavy atom. The number of halogens is 1. The SMILES string of the molecule is N#CCc1cc(S)cc2c(I)csc12.